The molecule has 1 aliphatic heterocycles. The molecule has 1 aliphatic rings. The lowest BCUT2D eigenvalue weighted by atomic mass is 10.0. The van der Waals surface area contributed by atoms with Gasteiger partial charge in [-0.2, -0.15) is 0 Å². The lowest BCUT2D eigenvalue weighted by Gasteiger charge is -2.09. The number of nitrogens with one attached hydrogen (secondary N) is 2. The Morgan fingerprint density at radius 2 is 1.73 bits per heavy atom. The van der Waals surface area contributed by atoms with Crippen molar-refractivity contribution in [3.8, 4) is 0 Å². The van der Waals surface area contributed by atoms with Crippen molar-refractivity contribution in [2.24, 2.45) is 4.99 Å². The number of benzene rings is 2. The smallest absolute Gasteiger partial charge is 0.269 e. The van der Waals surface area contributed by atoms with Crippen LogP contribution in [-0.4, -0.2) is 16.7 Å². The van der Waals surface area contributed by atoms with Crippen LogP contribution in [0.2, 0.25) is 0 Å². The van der Waals surface area contributed by atoms with Crippen molar-refractivity contribution in [1.29, 1.82) is 0 Å². The fourth-order valence-electron chi connectivity index (χ4n) is 2.58. The fourth-order valence-corrected chi connectivity index (χ4v) is 2.58. The second-order valence-electron chi connectivity index (χ2n) is 4.96. The van der Waals surface area contributed by atoms with Crippen LogP contribution < -0.4 is 10.9 Å². The summed E-state index contributed by atoms with van der Waals surface area (Å²) in [4.78, 5) is 20.5. The predicted octanol–water partition coefficient (Wildman–Crippen LogP) is 2.56. The molecule has 0 spiro atoms. The molecule has 2 heterocycles. The zero-order chi connectivity index (χ0) is 14.9. The van der Waals surface area contributed by atoms with Gasteiger partial charge in [-0.1, -0.05) is 30.3 Å². The van der Waals surface area contributed by atoms with Crippen molar-refractivity contribution in [3.05, 3.63) is 72.1 Å². The highest BCUT2D eigenvalue weighted by atomic mass is 16.2. The number of amides is 1. The SMILES string of the molecule is O=C(NNC1=Nc2cccc3cccc1c23)c1ccncc1. The first kappa shape index (κ1) is 12.5. The van der Waals surface area contributed by atoms with E-state index in [9.17, 15) is 4.79 Å². The summed E-state index contributed by atoms with van der Waals surface area (Å²) < 4.78 is 0. The van der Waals surface area contributed by atoms with Gasteiger partial charge in [0.25, 0.3) is 5.91 Å². The molecule has 1 amide bonds. The Labute approximate surface area is 126 Å². The number of nitrogens with zero attached hydrogens (tertiary/aromatic N) is 2. The summed E-state index contributed by atoms with van der Waals surface area (Å²) in [5, 5.41) is 2.24. The molecule has 0 atom stereocenters. The van der Waals surface area contributed by atoms with Crippen LogP contribution in [0.1, 0.15) is 15.9 Å². The maximum atomic E-state index is 12.1. The average Bonchev–Trinajstić information content (AvgIpc) is 2.94. The Bertz CT molecular complexity index is 898. The van der Waals surface area contributed by atoms with Gasteiger partial charge >= 0.3 is 0 Å². The monoisotopic (exact) mass is 288 g/mol. The molecular formula is C17H12N4O. The molecule has 0 radical (unpaired) electrons. The van der Waals surface area contributed by atoms with Crippen molar-refractivity contribution in [2.45, 2.75) is 0 Å². The van der Waals surface area contributed by atoms with Gasteiger partial charge in [-0.25, -0.2) is 4.99 Å². The van der Waals surface area contributed by atoms with Crippen LogP contribution in [0.4, 0.5) is 5.69 Å². The number of carbonyl (C=O) groups excluding carboxylic acids is 1. The third-order valence-corrected chi connectivity index (χ3v) is 3.61. The van der Waals surface area contributed by atoms with Crippen LogP contribution in [-0.2, 0) is 0 Å². The number of aromatic nitrogens is 1. The van der Waals surface area contributed by atoms with E-state index in [1.807, 2.05) is 24.3 Å². The summed E-state index contributed by atoms with van der Waals surface area (Å²) >= 11 is 0. The molecule has 1 aromatic heterocycles. The number of hydrogen-bond donors (Lipinski definition) is 2. The summed E-state index contributed by atoms with van der Waals surface area (Å²) in [5.74, 6) is 0.419. The third-order valence-electron chi connectivity index (χ3n) is 3.61. The van der Waals surface area contributed by atoms with Crippen LogP contribution >= 0.6 is 0 Å². The van der Waals surface area contributed by atoms with E-state index >= 15 is 0 Å². The number of hydrogen-bond acceptors (Lipinski definition) is 4. The summed E-state index contributed by atoms with van der Waals surface area (Å²) in [7, 11) is 0. The summed E-state index contributed by atoms with van der Waals surface area (Å²) in [6.07, 6.45) is 3.16. The topological polar surface area (TPSA) is 66.4 Å². The zero-order valence-electron chi connectivity index (χ0n) is 11.6. The van der Waals surface area contributed by atoms with E-state index in [0.29, 0.717) is 11.4 Å². The average molecular weight is 288 g/mol. The van der Waals surface area contributed by atoms with Gasteiger partial charge in [0.15, 0.2) is 5.84 Å². The van der Waals surface area contributed by atoms with E-state index < -0.39 is 0 Å². The van der Waals surface area contributed by atoms with Crippen molar-refractivity contribution < 1.29 is 4.79 Å². The molecule has 4 rings (SSSR count). The Balaban J connectivity index is 1.59. The molecule has 22 heavy (non-hydrogen) atoms. The molecule has 5 nitrogen and oxygen atoms in total. The summed E-state index contributed by atoms with van der Waals surface area (Å²) in [6.45, 7) is 0. The van der Waals surface area contributed by atoms with Gasteiger partial charge in [-0.15, -0.1) is 0 Å². The Morgan fingerprint density at radius 3 is 2.55 bits per heavy atom. The van der Waals surface area contributed by atoms with Crippen LogP contribution in [0, 0.1) is 0 Å². The highest BCUT2D eigenvalue weighted by Crippen LogP contribution is 2.34. The van der Waals surface area contributed by atoms with Crippen molar-refractivity contribution >= 4 is 28.2 Å². The zero-order valence-corrected chi connectivity index (χ0v) is 11.6. The van der Waals surface area contributed by atoms with E-state index in [1.165, 1.54) is 0 Å². The molecule has 0 unspecified atom stereocenters. The van der Waals surface area contributed by atoms with Crippen LogP contribution in [0.5, 0.6) is 0 Å². The third kappa shape index (κ3) is 2.00. The molecule has 0 saturated heterocycles. The summed E-state index contributed by atoms with van der Waals surface area (Å²) in [6, 6.07) is 15.3. The minimum absolute atomic E-state index is 0.228. The number of carbonyl (C=O) groups is 1. The van der Waals surface area contributed by atoms with E-state index in [2.05, 4.69) is 33.0 Å². The van der Waals surface area contributed by atoms with Crippen LogP contribution in [0.3, 0.4) is 0 Å². The maximum Gasteiger partial charge on any atom is 0.269 e. The summed E-state index contributed by atoms with van der Waals surface area (Å²) in [5.41, 5.74) is 8.03. The lowest BCUT2D eigenvalue weighted by molar-refractivity contribution is 0.0944. The van der Waals surface area contributed by atoms with Crippen molar-refractivity contribution in [1.82, 2.24) is 15.8 Å². The Morgan fingerprint density at radius 1 is 0.955 bits per heavy atom. The lowest BCUT2D eigenvalue weighted by Crippen LogP contribution is -2.41. The van der Waals surface area contributed by atoms with Gasteiger partial charge < -0.3 is 0 Å². The van der Waals surface area contributed by atoms with Crippen molar-refractivity contribution in [3.63, 3.8) is 0 Å². The van der Waals surface area contributed by atoms with E-state index in [0.717, 1.165) is 22.0 Å². The molecule has 0 fully saturated rings. The van der Waals surface area contributed by atoms with Gasteiger partial charge in [0, 0.05) is 28.9 Å². The van der Waals surface area contributed by atoms with E-state index in [1.54, 1.807) is 24.5 Å². The molecule has 5 heteroatoms. The second kappa shape index (κ2) is 4.96. The maximum absolute atomic E-state index is 12.1. The molecule has 2 N–H and O–H groups in total. The predicted molar refractivity (Wildman–Crippen MR) is 85.0 cm³/mol. The molecule has 3 aromatic rings. The number of rotatable bonds is 1. The Hall–Kier alpha value is -3.21. The van der Waals surface area contributed by atoms with Crippen LogP contribution in [0.25, 0.3) is 10.8 Å². The highest BCUT2D eigenvalue weighted by molar-refractivity contribution is 6.19. The van der Waals surface area contributed by atoms with Gasteiger partial charge in [-0.3, -0.25) is 20.6 Å². The van der Waals surface area contributed by atoms with Crippen LogP contribution in [0.15, 0.2) is 65.9 Å². The largest absolute Gasteiger partial charge is 0.281 e. The molecule has 106 valence electrons. The number of hydrazine groups is 1. The number of pyridine rings is 1. The first-order valence-electron chi connectivity index (χ1n) is 6.90. The normalized spacial score (nSPS) is 12.1. The second-order valence-corrected chi connectivity index (χ2v) is 4.96. The molecule has 0 aliphatic carbocycles. The van der Waals surface area contributed by atoms with E-state index in [-0.39, 0.29) is 5.91 Å². The van der Waals surface area contributed by atoms with Gasteiger partial charge in [-0.05, 0) is 23.6 Å². The fraction of sp³-hybridized carbons (Fsp3) is 0. The molecular weight excluding hydrogens is 276 g/mol. The van der Waals surface area contributed by atoms with Gasteiger partial charge in [0.05, 0.1) is 5.69 Å². The number of amidine groups is 1. The Kier molecular flexibility index (Phi) is 2.83. The van der Waals surface area contributed by atoms with Gasteiger partial charge in [0.1, 0.15) is 0 Å². The molecule has 0 bridgehead atoms. The standard InChI is InChI=1S/C17H12N4O/c22-17(12-7-9-18-10-8-12)21-20-16-13-5-1-3-11-4-2-6-14(19-16)15(11)13/h1-10H,(H,19,20)(H,21,22). The number of aliphatic imine (C=N–C) groups is 1. The highest BCUT2D eigenvalue weighted by Gasteiger charge is 2.18. The van der Waals surface area contributed by atoms with E-state index in [4.69, 9.17) is 0 Å². The molecule has 2 aromatic carbocycles. The minimum atomic E-state index is -0.228. The first-order chi connectivity index (χ1) is 10.8. The van der Waals surface area contributed by atoms with Crippen molar-refractivity contribution in [2.75, 3.05) is 0 Å². The quantitative estimate of drug-likeness (QED) is 0.676. The van der Waals surface area contributed by atoms with Gasteiger partial charge in [0.2, 0.25) is 0 Å². The first-order valence-corrected chi connectivity index (χ1v) is 6.90. The molecule has 0 saturated carbocycles. The minimum Gasteiger partial charge on any atom is -0.281 e.